The lowest BCUT2D eigenvalue weighted by atomic mass is 9.89. The Bertz CT molecular complexity index is 2960. The summed E-state index contributed by atoms with van der Waals surface area (Å²) in [7, 11) is 0. The first kappa shape index (κ1) is 91.3. The van der Waals surface area contributed by atoms with Gasteiger partial charge in [-0.3, -0.25) is 4.98 Å². The molecule has 0 aliphatic rings. The minimum atomic E-state index is 0.222. The summed E-state index contributed by atoms with van der Waals surface area (Å²) in [5.74, 6) is 5.38. The molecule has 0 unspecified atom stereocenters. The SMILES string of the molecule is CC(C)(C)c1cc[nH]c1.CC(C)(C)c1ccoc1.CC(C)(C)c1ccsc1.CC(C)(C)c1cscn1.CC(C)c1ccco1.CC(C)c1cccs1.CC(C)c1ccns1.CC(C)c1ccsn1.CC(C)c1cncs1.CC(C)c1cnsc1.CC(C)c1nccs1.CCc1ccc[nH]1. The monoisotopic (exact) mass is 1490 g/mol. The van der Waals surface area contributed by atoms with E-state index in [9.17, 15) is 0 Å². The molecule has 0 aliphatic heterocycles. The Morgan fingerprint density at radius 1 is 0.475 bits per heavy atom. The standard InChI is InChI=1S/C8H13N.C8H12O.C8H12S.C7H11NS.C7H10O.C7H10S.5C6H9NS.C6H9N/c3*1-8(2,3)7-4-5-9-6-7;1-7(2,3)6-4-9-5-8-6;2*1-6(2)7-4-3-5-8-7;1-5(2)6-3-7-4-8-6;1-5(2)6-3-7-8-4-6;1-5(2)6-7-3-4-8-6;1-5(2)6-3-4-8-7-6;1-5(2)6-3-4-7-8-6;1-2-6-4-3-5-7-6/h4-6,9H,1-3H3;2*4-6H,1-3H3;4-5H,1-3H3;2*3-6H,1-2H3;5*3-5H,1-2H3;3-5,7H,2H2,1H3. The van der Waals surface area contributed by atoms with Crippen molar-refractivity contribution in [3.63, 3.8) is 0 Å². The van der Waals surface area contributed by atoms with Crippen molar-refractivity contribution in [1.29, 1.82) is 0 Å². The third-order valence-corrected chi connectivity index (χ3v) is 20.7. The van der Waals surface area contributed by atoms with E-state index in [1.165, 1.54) is 82.0 Å². The van der Waals surface area contributed by atoms with Crippen LogP contribution >= 0.6 is 91.3 Å². The molecule has 18 heteroatoms. The molecule has 10 nitrogen and oxygen atoms in total. The van der Waals surface area contributed by atoms with E-state index in [1.54, 1.807) is 75.7 Å². The van der Waals surface area contributed by atoms with Crippen molar-refractivity contribution in [1.82, 2.24) is 38.0 Å². The van der Waals surface area contributed by atoms with E-state index in [0.717, 1.165) is 12.2 Å². The Kier molecular flexibility index (Phi) is 45.9. The highest BCUT2D eigenvalue weighted by molar-refractivity contribution is 7.10. The van der Waals surface area contributed by atoms with Gasteiger partial charge in [0.2, 0.25) is 0 Å². The lowest BCUT2D eigenvalue weighted by Gasteiger charge is -2.15. The highest BCUT2D eigenvalue weighted by atomic mass is 32.1. The normalized spacial score (nSPS) is 10.8. The Labute approximate surface area is 631 Å². The molecule has 0 aliphatic carbocycles. The van der Waals surface area contributed by atoms with Gasteiger partial charge in [-0.1, -0.05) is 193 Å². The van der Waals surface area contributed by atoms with Crippen LogP contribution in [0.3, 0.4) is 0 Å². The molecular formula is C81H122N8O2S8. The van der Waals surface area contributed by atoms with E-state index < -0.39 is 0 Å². The van der Waals surface area contributed by atoms with Crippen molar-refractivity contribution in [3.8, 4) is 0 Å². The van der Waals surface area contributed by atoms with Gasteiger partial charge in [0, 0.05) is 102 Å². The first-order valence-corrected chi connectivity index (χ1v) is 41.2. The molecule has 0 atom stereocenters. The van der Waals surface area contributed by atoms with Crippen LogP contribution in [-0.2, 0) is 28.1 Å². The zero-order chi connectivity index (χ0) is 74.6. The van der Waals surface area contributed by atoms with Crippen molar-refractivity contribution < 1.29 is 8.83 Å². The van der Waals surface area contributed by atoms with Crippen LogP contribution in [0.15, 0.2) is 186 Å². The maximum atomic E-state index is 5.09. The van der Waals surface area contributed by atoms with Gasteiger partial charge in [-0.05, 0) is 186 Å². The molecule has 0 bridgehead atoms. The van der Waals surface area contributed by atoms with E-state index in [2.05, 4.69) is 294 Å². The van der Waals surface area contributed by atoms with Gasteiger partial charge in [0.05, 0.1) is 46.2 Å². The van der Waals surface area contributed by atoms with E-state index >= 15 is 0 Å². The third-order valence-electron chi connectivity index (χ3n) is 13.9. The molecule has 0 amide bonds. The fraction of sp³-hybridized carbons (Fsp3) is 0.481. The van der Waals surface area contributed by atoms with Crippen molar-refractivity contribution in [2.24, 2.45) is 0 Å². The van der Waals surface area contributed by atoms with Crippen molar-refractivity contribution in [2.45, 2.75) is 256 Å². The molecule has 0 spiro atoms. The number of H-pyrrole nitrogens is 2. The summed E-state index contributed by atoms with van der Waals surface area (Å²) in [4.78, 5) is 22.6. The number of rotatable bonds is 8. The van der Waals surface area contributed by atoms with E-state index in [0.29, 0.717) is 52.3 Å². The molecule has 546 valence electrons. The third kappa shape index (κ3) is 43.0. The summed E-state index contributed by atoms with van der Waals surface area (Å²) in [6, 6.07) is 22.7. The number of aromatic amines is 2. The lowest BCUT2D eigenvalue weighted by molar-refractivity contribution is 0.487. The number of nitrogens with one attached hydrogen (secondary N) is 2. The number of furan rings is 2. The number of thiophene rings is 2. The maximum Gasteiger partial charge on any atom is 0.106 e. The van der Waals surface area contributed by atoms with Gasteiger partial charge in [-0.2, -0.15) is 15.7 Å². The molecule has 12 aromatic heterocycles. The molecule has 0 saturated heterocycles. The van der Waals surface area contributed by atoms with Gasteiger partial charge < -0.3 is 18.8 Å². The molecule has 0 aromatic carbocycles. The average Bonchev–Trinajstić information content (AvgIpc) is 1.82. The lowest BCUT2D eigenvalue weighted by Crippen LogP contribution is -2.10. The topological polar surface area (TPSA) is 135 Å². The molecule has 99 heavy (non-hydrogen) atoms. The molecule has 12 aromatic rings. The zero-order valence-electron chi connectivity index (χ0n) is 64.8. The molecule has 12 rings (SSSR count). The Morgan fingerprint density at radius 2 is 1.16 bits per heavy atom. The first-order valence-electron chi connectivity index (χ1n) is 34.2. The van der Waals surface area contributed by atoms with Crippen LogP contribution in [0, 0.1) is 0 Å². The number of aryl methyl sites for hydroxylation is 1. The number of thiazole rings is 3. The Balaban J connectivity index is 0.000000540. The predicted molar refractivity (Wildman–Crippen MR) is 443 cm³/mol. The van der Waals surface area contributed by atoms with Gasteiger partial charge in [-0.25, -0.2) is 18.7 Å². The van der Waals surface area contributed by atoms with Crippen molar-refractivity contribution in [2.75, 3.05) is 0 Å². The van der Waals surface area contributed by atoms with Crippen LogP contribution < -0.4 is 0 Å². The van der Waals surface area contributed by atoms with Gasteiger partial charge in [0.15, 0.2) is 0 Å². The van der Waals surface area contributed by atoms with Crippen molar-refractivity contribution >= 4 is 91.3 Å². The van der Waals surface area contributed by atoms with E-state index in [4.69, 9.17) is 8.83 Å². The zero-order valence-corrected chi connectivity index (χ0v) is 71.4. The summed E-state index contributed by atoms with van der Waals surface area (Å²) >= 11 is 13.3. The van der Waals surface area contributed by atoms with E-state index in [1.807, 2.05) is 101 Å². The van der Waals surface area contributed by atoms with E-state index in [-0.39, 0.29) is 10.8 Å². The quantitative estimate of drug-likeness (QED) is 0.154. The largest absolute Gasteiger partial charge is 0.472 e. The highest BCUT2D eigenvalue weighted by Gasteiger charge is 2.16. The second-order valence-electron chi connectivity index (χ2n) is 29.2. The van der Waals surface area contributed by atoms with Crippen LogP contribution in [0.25, 0.3) is 0 Å². The molecule has 0 saturated carbocycles. The average molecular weight is 1500 g/mol. The van der Waals surface area contributed by atoms with Crippen molar-refractivity contribution in [3.05, 3.63) is 242 Å². The molecule has 2 N–H and O–H groups in total. The number of aromatic nitrogens is 8. The minimum Gasteiger partial charge on any atom is -0.472 e. The van der Waals surface area contributed by atoms with Gasteiger partial charge >= 0.3 is 0 Å². The predicted octanol–water partition coefficient (Wildman–Crippen LogP) is 28.6. The smallest absolute Gasteiger partial charge is 0.106 e. The number of hydrogen-bond donors (Lipinski definition) is 2. The van der Waals surface area contributed by atoms with Crippen LogP contribution in [0.5, 0.6) is 0 Å². The summed E-state index contributed by atoms with van der Waals surface area (Å²) < 4.78 is 22.2. The first-order chi connectivity index (χ1) is 46.5. The summed E-state index contributed by atoms with van der Waals surface area (Å²) in [5, 5.41) is 15.9. The summed E-state index contributed by atoms with van der Waals surface area (Å²) in [5.41, 5.74) is 13.9. The molecular weight excluding hydrogens is 1370 g/mol. The van der Waals surface area contributed by atoms with Crippen LogP contribution in [0.1, 0.15) is 293 Å². The van der Waals surface area contributed by atoms with Gasteiger partial charge in [0.1, 0.15) is 5.76 Å². The second-order valence-corrected chi connectivity index (χ2v) is 35.7. The summed E-state index contributed by atoms with van der Waals surface area (Å²) in [6.07, 6.45) is 19.8. The molecule has 0 fully saturated rings. The Hall–Kier alpha value is -5.70. The fourth-order valence-corrected chi connectivity index (χ4v) is 12.8. The number of hydrogen-bond acceptors (Lipinski definition) is 16. The van der Waals surface area contributed by atoms with Gasteiger partial charge in [-0.15, -0.1) is 45.3 Å². The van der Waals surface area contributed by atoms with Gasteiger partial charge in [0.25, 0.3) is 0 Å². The Morgan fingerprint density at radius 3 is 1.40 bits per heavy atom. The maximum absolute atomic E-state index is 5.09. The fourth-order valence-electron chi connectivity index (χ4n) is 7.15. The van der Waals surface area contributed by atoms with Crippen LogP contribution in [-0.4, -0.2) is 38.0 Å². The second kappa shape index (κ2) is 49.8. The molecule has 0 radical (unpaired) electrons. The summed E-state index contributed by atoms with van der Waals surface area (Å²) in [6.45, 7) is 58.7. The molecule has 12 heterocycles. The minimum absolute atomic E-state index is 0.222. The number of nitrogens with zero attached hydrogens (tertiary/aromatic N) is 6. The highest BCUT2D eigenvalue weighted by Crippen LogP contribution is 2.26. The van der Waals surface area contributed by atoms with Crippen LogP contribution in [0.2, 0.25) is 0 Å². The van der Waals surface area contributed by atoms with Crippen LogP contribution in [0.4, 0.5) is 0 Å².